The molecule has 3 amide bonds. The van der Waals surface area contributed by atoms with E-state index in [4.69, 9.17) is 4.74 Å². The molecule has 0 aliphatic carbocycles. The molecule has 0 saturated carbocycles. The van der Waals surface area contributed by atoms with Crippen LogP contribution in [0.15, 0.2) is 48.7 Å². The van der Waals surface area contributed by atoms with Crippen LogP contribution in [0.25, 0.3) is 0 Å². The molecule has 27 heavy (non-hydrogen) atoms. The lowest BCUT2D eigenvalue weighted by molar-refractivity contribution is -0.123. The summed E-state index contributed by atoms with van der Waals surface area (Å²) in [7, 11) is 1.57. The van der Waals surface area contributed by atoms with Crippen LogP contribution in [-0.4, -0.2) is 29.8 Å². The number of hydrogen-bond donors (Lipinski definition) is 3. The molecule has 1 atom stereocenters. The fourth-order valence-electron chi connectivity index (χ4n) is 2.33. The third-order valence-corrected chi connectivity index (χ3v) is 3.65. The van der Waals surface area contributed by atoms with Crippen LogP contribution < -0.4 is 20.9 Å². The Morgan fingerprint density at radius 3 is 2.33 bits per heavy atom. The average molecular weight is 370 g/mol. The Kier molecular flexibility index (Phi) is 7.30. The number of nitrogens with one attached hydrogen (secondary N) is 3. The molecule has 1 aromatic heterocycles. The second-order valence-electron chi connectivity index (χ2n) is 6.01. The summed E-state index contributed by atoms with van der Waals surface area (Å²) in [6.07, 6.45) is 1.76. The van der Waals surface area contributed by atoms with E-state index < -0.39 is 5.91 Å². The smallest absolute Gasteiger partial charge is 0.288 e. The first-order chi connectivity index (χ1) is 13.0. The van der Waals surface area contributed by atoms with Crippen LogP contribution in [0.2, 0.25) is 0 Å². The van der Waals surface area contributed by atoms with Crippen molar-refractivity contribution in [2.75, 3.05) is 12.4 Å². The first-order valence-corrected chi connectivity index (χ1v) is 8.42. The average Bonchev–Trinajstić information content (AvgIpc) is 2.67. The highest BCUT2D eigenvalue weighted by Gasteiger charge is 2.15. The Hall–Kier alpha value is -3.42. The van der Waals surface area contributed by atoms with Gasteiger partial charge in [-0.2, -0.15) is 0 Å². The molecule has 8 nitrogen and oxygen atoms in total. The molecule has 3 N–H and O–H groups in total. The van der Waals surface area contributed by atoms with Gasteiger partial charge < -0.3 is 10.1 Å². The SMILES string of the molecule is COc1ccc(NC(=O)C[C@H](C)CC(=O)NNC(=O)c2ccccn2)cc1. The molecule has 0 spiro atoms. The number of amides is 3. The van der Waals surface area contributed by atoms with Gasteiger partial charge in [-0.05, 0) is 42.3 Å². The number of hydrogen-bond acceptors (Lipinski definition) is 5. The number of hydrazine groups is 1. The van der Waals surface area contributed by atoms with E-state index in [1.807, 2.05) is 0 Å². The van der Waals surface area contributed by atoms with Crippen molar-refractivity contribution in [3.05, 3.63) is 54.4 Å². The van der Waals surface area contributed by atoms with Crippen LogP contribution in [0.4, 0.5) is 5.69 Å². The highest BCUT2D eigenvalue weighted by molar-refractivity contribution is 5.94. The summed E-state index contributed by atoms with van der Waals surface area (Å²) in [5.74, 6) is -0.586. The van der Waals surface area contributed by atoms with Crippen molar-refractivity contribution in [3.63, 3.8) is 0 Å². The zero-order chi connectivity index (χ0) is 19.6. The first-order valence-electron chi connectivity index (χ1n) is 8.42. The number of aromatic nitrogens is 1. The normalized spacial score (nSPS) is 11.2. The monoisotopic (exact) mass is 370 g/mol. The number of nitrogens with zero attached hydrogens (tertiary/aromatic N) is 1. The number of rotatable bonds is 7. The van der Waals surface area contributed by atoms with Crippen molar-refractivity contribution in [1.82, 2.24) is 15.8 Å². The molecule has 2 rings (SSSR count). The Morgan fingerprint density at radius 2 is 1.70 bits per heavy atom. The molecule has 0 unspecified atom stereocenters. The van der Waals surface area contributed by atoms with E-state index in [1.54, 1.807) is 50.4 Å². The van der Waals surface area contributed by atoms with Gasteiger partial charge in [-0.3, -0.25) is 30.2 Å². The molecule has 0 fully saturated rings. The van der Waals surface area contributed by atoms with E-state index in [-0.39, 0.29) is 36.3 Å². The lowest BCUT2D eigenvalue weighted by Crippen LogP contribution is -2.42. The van der Waals surface area contributed by atoms with Crippen molar-refractivity contribution in [2.24, 2.45) is 5.92 Å². The van der Waals surface area contributed by atoms with E-state index in [0.29, 0.717) is 11.4 Å². The summed E-state index contributed by atoms with van der Waals surface area (Å²) in [4.78, 5) is 39.6. The number of carbonyl (C=O) groups excluding carboxylic acids is 3. The minimum absolute atomic E-state index is 0.0958. The van der Waals surface area contributed by atoms with E-state index in [2.05, 4.69) is 21.2 Å². The number of ether oxygens (including phenoxy) is 1. The highest BCUT2D eigenvalue weighted by Crippen LogP contribution is 2.16. The third-order valence-electron chi connectivity index (χ3n) is 3.65. The van der Waals surface area contributed by atoms with Crippen molar-refractivity contribution < 1.29 is 19.1 Å². The van der Waals surface area contributed by atoms with Crippen LogP contribution in [0.3, 0.4) is 0 Å². The van der Waals surface area contributed by atoms with Gasteiger partial charge in [0.15, 0.2) is 0 Å². The fraction of sp³-hybridized carbons (Fsp3) is 0.263. The zero-order valence-corrected chi connectivity index (χ0v) is 15.2. The van der Waals surface area contributed by atoms with Crippen LogP contribution in [0, 0.1) is 5.92 Å². The maximum absolute atomic E-state index is 12.1. The molecule has 8 heteroatoms. The van der Waals surface area contributed by atoms with Gasteiger partial charge in [-0.25, -0.2) is 0 Å². The number of methoxy groups -OCH3 is 1. The predicted molar refractivity (Wildman–Crippen MR) is 99.9 cm³/mol. The molecule has 0 aliphatic heterocycles. The van der Waals surface area contributed by atoms with E-state index >= 15 is 0 Å². The van der Waals surface area contributed by atoms with Crippen LogP contribution in [0.1, 0.15) is 30.3 Å². The largest absolute Gasteiger partial charge is 0.497 e. The minimum Gasteiger partial charge on any atom is -0.497 e. The maximum Gasteiger partial charge on any atom is 0.288 e. The van der Waals surface area contributed by atoms with Gasteiger partial charge in [0.05, 0.1) is 7.11 Å². The van der Waals surface area contributed by atoms with Gasteiger partial charge in [-0.1, -0.05) is 13.0 Å². The van der Waals surface area contributed by atoms with Gasteiger partial charge in [0.25, 0.3) is 5.91 Å². The second kappa shape index (κ2) is 9.91. The van der Waals surface area contributed by atoms with Crippen LogP contribution in [-0.2, 0) is 9.59 Å². The molecule has 0 saturated heterocycles. The fourth-order valence-corrected chi connectivity index (χ4v) is 2.33. The lowest BCUT2D eigenvalue weighted by Gasteiger charge is -2.12. The van der Waals surface area contributed by atoms with Crippen molar-refractivity contribution in [1.29, 1.82) is 0 Å². The van der Waals surface area contributed by atoms with Gasteiger partial charge >= 0.3 is 0 Å². The Morgan fingerprint density at radius 1 is 1.00 bits per heavy atom. The Balaban J connectivity index is 1.72. The first kappa shape index (κ1) is 19.9. The Bertz CT molecular complexity index is 778. The maximum atomic E-state index is 12.1. The minimum atomic E-state index is -0.506. The Labute approximate surface area is 157 Å². The van der Waals surface area contributed by atoms with Gasteiger partial charge in [0.1, 0.15) is 11.4 Å². The number of pyridine rings is 1. The standard InChI is InChI=1S/C19H22N4O4/c1-13(11-17(24)21-14-6-8-15(27-2)9-7-14)12-18(25)22-23-19(26)16-5-3-4-10-20-16/h3-10,13H,11-12H2,1-2H3,(H,21,24)(H,22,25)(H,23,26)/t13-/m0/s1. The molecule has 1 aromatic carbocycles. The zero-order valence-electron chi connectivity index (χ0n) is 15.2. The third kappa shape index (κ3) is 6.77. The summed E-state index contributed by atoms with van der Waals surface area (Å²) in [6, 6.07) is 11.9. The highest BCUT2D eigenvalue weighted by atomic mass is 16.5. The molecule has 1 heterocycles. The predicted octanol–water partition coefficient (Wildman–Crippen LogP) is 1.91. The van der Waals surface area contributed by atoms with Crippen molar-refractivity contribution >= 4 is 23.4 Å². The van der Waals surface area contributed by atoms with E-state index in [1.165, 1.54) is 12.3 Å². The summed E-state index contributed by atoms with van der Waals surface area (Å²) < 4.78 is 5.06. The van der Waals surface area contributed by atoms with Gasteiger partial charge in [0.2, 0.25) is 11.8 Å². The molecular weight excluding hydrogens is 348 g/mol. The summed E-state index contributed by atoms with van der Waals surface area (Å²) >= 11 is 0. The van der Waals surface area contributed by atoms with Crippen molar-refractivity contribution in [3.8, 4) is 5.75 Å². The molecule has 0 radical (unpaired) electrons. The summed E-state index contributed by atoms with van der Waals surface area (Å²) in [5, 5.41) is 2.76. The number of carbonyl (C=O) groups is 3. The number of anilines is 1. The molecule has 142 valence electrons. The molecule has 0 bridgehead atoms. The van der Waals surface area contributed by atoms with Gasteiger partial charge in [-0.15, -0.1) is 0 Å². The molecule has 0 aliphatic rings. The molecular formula is C19H22N4O4. The number of benzene rings is 1. The van der Waals surface area contributed by atoms with Gasteiger partial charge in [0, 0.05) is 24.7 Å². The molecule has 2 aromatic rings. The quantitative estimate of drug-likeness (QED) is 0.645. The van der Waals surface area contributed by atoms with Crippen molar-refractivity contribution in [2.45, 2.75) is 19.8 Å². The van der Waals surface area contributed by atoms with Crippen LogP contribution in [0.5, 0.6) is 5.75 Å². The summed E-state index contributed by atoms with van der Waals surface area (Å²) in [6.45, 7) is 1.79. The van der Waals surface area contributed by atoms with Crippen LogP contribution >= 0.6 is 0 Å². The van der Waals surface area contributed by atoms with E-state index in [9.17, 15) is 14.4 Å². The lowest BCUT2D eigenvalue weighted by atomic mass is 10.0. The second-order valence-corrected chi connectivity index (χ2v) is 6.01. The van der Waals surface area contributed by atoms with E-state index in [0.717, 1.165) is 0 Å². The topological polar surface area (TPSA) is 109 Å². The summed E-state index contributed by atoms with van der Waals surface area (Å²) in [5.41, 5.74) is 5.47.